The molecule has 1 unspecified atom stereocenters. The third-order valence-electron chi connectivity index (χ3n) is 5.30. The van der Waals surface area contributed by atoms with Crippen molar-refractivity contribution in [2.45, 2.75) is 26.0 Å². The second kappa shape index (κ2) is 9.57. The first kappa shape index (κ1) is 20.8. The van der Waals surface area contributed by atoms with Gasteiger partial charge in [-0.2, -0.15) is 5.10 Å². The van der Waals surface area contributed by atoms with Crippen molar-refractivity contribution in [3.63, 3.8) is 0 Å². The number of hydrogen-bond donors (Lipinski definition) is 1. The van der Waals surface area contributed by atoms with Crippen molar-refractivity contribution >= 4 is 11.8 Å². The van der Waals surface area contributed by atoms with Gasteiger partial charge in [0.05, 0.1) is 12.6 Å². The Morgan fingerprint density at radius 1 is 1.26 bits per heavy atom. The number of amides is 2. The van der Waals surface area contributed by atoms with Gasteiger partial charge in [0, 0.05) is 37.6 Å². The third-order valence-corrected chi connectivity index (χ3v) is 5.30. The minimum atomic E-state index is -0.338. The smallest absolute Gasteiger partial charge is 0.273 e. The number of morpholine rings is 1. The second-order valence-electron chi connectivity index (χ2n) is 7.49. The molecule has 9 nitrogen and oxygen atoms in total. The van der Waals surface area contributed by atoms with E-state index in [1.165, 1.54) is 5.56 Å². The fraction of sp³-hybridized carbons (Fsp3) is 0.364. The zero-order chi connectivity index (χ0) is 21.6. The van der Waals surface area contributed by atoms with Gasteiger partial charge in [0.1, 0.15) is 12.4 Å². The average Bonchev–Trinajstić information content (AvgIpc) is 3.43. The lowest BCUT2D eigenvalue weighted by atomic mass is 10.1. The van der Waals surface area contributed by atoms with Gasteiger partial charge in [0.25, 0.3) is 5.91 Å². The van der Waals surface area contributed by atoms with Gasteiger partial charge < -0.3 is 19.5 Å². The molecular weight excluding hydrogens is 398 g/mol. The molecule has 0 bridgehead atoms. The minimum absolute atomic E-state index is 0.0168. The highest BCUT2D eigenvalue weighted by atomic mass is 16.5. The Balaban J connectivity index is 1.31. The van der Waals surface area contributed by atoms with Crippen LogP contribution in [0.2, 0.25) is 0 Å². The molecule has 1 atom stereocenters. The van der Waals surface area contributed by atoms with Gasteiger partial charge in [0.15, 0.2) is 5.69 Å². The lowest BCUT2D eigenvalue weighted by Crippen LogP contribution is -2.51. The summed E-state index contributed by atoms with van der Waals surface area (Å²) in [6, 6.07) is 11.8. The maximum absolute atomic E-state index is 12.7. The number of hydrogen-bond acceptors (Lipinski definition) is 6. The molecule has 1 fully saturated rings. The molecule has 2 amide bonds. The van der Waals surface area contributed by atoms with Crippen molar-refractivity contribution < 1.29 is 18.8 Å². The molecule has 4 rings (SSSR count). The summed E-state index contributed by atoms with van der Waals surface area (Å²) in [5.74, 6) is 0.203. The summed E-state index contributed by atoms with van der Waals surface area (Å²) < 4.78 is 12.5. The minimum Gasteiger partial charge on any atom is -0.365 e. The summed E-state index contributed by atoms with van der Waals surface area (Å²) in [6.45, 7) is 3.51. The van der Waals surface area contributed by atoms with Crippen LogP contribution in [0.25, 0.3) is 0 Å². The lowest BCUT2D eigenvalue weighted by Gasteiger charge is -2.32. The van der Waals surface area contributed by atoms with E-state index in [1.54, 1.807) is 22.7 Å². The second-order valence-corrected chi connectivity index (χ2v) is 7.49. The number of aromatic nitrogens is 3. The van der Waals surface area contributed by atoms with Gasteiger partial charge in [-0.3, -0.25) is 14.3 Å². The first-order valence-electron chi connectivity index (χ1n) is 10.2. The average molecular weight is 423 g/mol. The monoisotopic (exact) mass is 423 g/mol. The Morgan fingerprint density at radius 3 is 2.87 bits per heavy atom. The van der Waals surface area contributed by atoms with Gasteiger partial charge in [0.2, 0.25) is 5.91 Å². The summed E-state index contributed by atoms with van der Waals surface area (Å²) in [7, 11) is 0. The zero-order valence-electron chi connectivity index (χ0n) is 17.4. The van der Waals surface area contributed by atoms with Gasteiger partial charge in [-0.1, -0.05) is 35.5 Å². The van der Waals surface area contributed by atoms with E-state index in [4.69, 9.17) is 9.26 Å². The third kappa shape index (κ3) is 5.18. The number of benzene rings is 1. The van der Waals surface area contributed by atoms with Gasteiger partial charge >= 0.3 is 0 Å². The predicted molar refractivity (Wildman–Crippen MR) is 111 cm³/mol. The Hall–Kier alpha value is -3.46. The number of nitrogens with zero attached hydrogens (tertiary/aromatic N) is 4. The molecule has 9 heteroatoms. The van der Waals surface area contributed by atoms with E-state index in [-0.39, 0.29) is 36.8 Å². The summed E-state index contributed by atoms with van der Waals surface area (Å²) >= 11 is 0. The molecule has 0 aliphatic carbocycles. The van der Waals surface area contributed by atoms with Crippen LogP contribution in [0, 0.1) is 6.92 Å². The molecule has 0 spiro atoms. The van der Waals surface area contributed by atoms with Gasteiger partial charge in [-0.25, -0.2) is 0 Å². The molecule has 3 aromatic rings. The molecule has 0 saturated carbocycles. The van der Waals surface area contributed by atoms with Crippen LogP contribution >= 0.6 is 0 Å². The molecular formula is C22H25N5O4. The van der Waals surface area contributed by atoms with Crippen LogP contribution in [0.5, 0.6) is 0 Å². The van der Waals surface area contributed by atoms with Gasteiger partial charge in [-0.05, 0) is 25.0 Å². The predicted octanol–water partition coefficient (Wildman–Crippen LogP) is 1.43. The fourth-order valence-electron chi connectivity index (χ4n) is 3.53. The Bertz CT molecular complexity index is 1020. The van der Waals surface area contributed by atoms with Crippen molar-refractivity contribution in [2.24, 2.45) is 0 Å². The number of rotatable bonds is 8. The Kier molecular flexibility index (Phi) is 6.42. The Labute approximate surface area is 180 Å². The summed E-state index contributed by atoms with van der Waals surface area (Å²) in [5.41, 5.74) is 2.10. The summed E-state index contributed by atoms with van der Waals surface area (Å²) in [5, 5.41) is 10.9. The molecule has 1 aromatic carbocycles. The number of aryl methyl sites for hydroxylation is 1. The molecule has 0 radical (unpaired) electrons. The highest BCUT2D eigenvalue weighted by Gasteiger charge is 2.27. The molecule has 1 N–H and O–H groups in total. The number of ether oxygens (including phenoxy) is 1. The van der Waals surface area contributed by atoms with Crippen molar-refractivity contribution in [2.75, 3.05) is 26.2 Å². The van der Waals surface area contributed by atoms with E-state index >= 15 is 0 Å². The largest absolute Gasteiger partial charge is 0.365 e. The highest BCUT2D eigenvalue weighted by Crippen LogP contribution is 2.15. The van der Waals surface area contributed by atoms with Crippen molar-refractivity contribution in [3.05, 3.63) is 71.4 Å². The maximum Gasteiger partial charge on any atom is 0.273 e. The molecule has 3 heterocycles. The highest BCUT2D eigenvalue weighted by molar-refractivity contribution is 5.93. The molecule has 162 valence electrons. The topological polar surface area (TPSA) is 102 Å². The number of carbonyl (C=O) groups is 2. The van der Waals surface area contributed by atoms with E-state index in [0.29, 0.717) is 31.0 Å². The molecule has 1 aliphatic heterocycles. The summed E-state index contributed by atoms with van der Waals surface area (Å²) in [4.78, 5) is 26.7. The maximum atomic E-state index is 12.7. The quantitative estimate of drug-likeness (QED) is 0.588. The molecule has 1 aliphatic rings. The lowest BCUT2D eigenvalue weighted by molar-refractivity contribution is -0.148. The molecule has 2 aromatic heterocycles. The molecule has 1 saturated heterocycles. The van der Waals surface area contributed by atoms with Crippen molar-refractivity contribution in [1.29, 1.82) is 0 Å². The van der Waals surface area contributed by atoms with E-state index in [1.807, 2.05) is 42.6 Å². The number of nitrogens with one attached hydrogen (secondary N) is 1. The van der Waals surface area contributed by atoms with Crippen LogP contribution in [-0.2, 0) is 22.5 Å². The van der Waals surface area contributed by atoms with Crippen LogP contribution in [-0.4, -0.2) is 64.0 Å². The standard InChI is InChI=1S/C22H25N5O4/c1-16-19(14-27-10-5-9-24-27)21(25-31-16)22(29)23-12-18-13-26(20(28)15-30-18)11-8-17-6-3-2-4-7-17/h2-7,9-10,18H,8,11-15H2,1H3,(H,23,29). The van der Waals surface area contributed by atoms with Crippen molar-refractivity contribution in [3.8, 4) is 0 Å². The van der Waals surface area contributed by atoms with Crippen LogP contribution in [0.1, 0.15) is 27.4 Å². The first-order chi connectivity index (χ1) is 15.1. The summed E-state index contributed by atoms with van der Waals surface area (Å²) in [6.07, 6.45) is 3.99. The van der Waals surface area contributed by atoms with Crippen LogP contribution in [0.3, 0.4) is 0 Å². The van der Waals surface area contributed by atoms with Crippen LogP contribution in [0.15, 0.2) is 53.3 Å². The SMILES string of the molecule is Cc1onc(C(=O)NCC2CN(CCc3ccccc3)C(=O)CO2)c1Cn1cccn1. The van der Waals surface area contributed by atoms with Crippen molar-refractivity contribution in [1.82, 2.24) is 25.2 Å². The fourth-order valence-corrected chi connectivity index (χ4v) is 3.53. The van der Waals surface area contributed by atoms with Crippen LogP contribution in [0.4, 0.5) is 0 Å². The van der Waals surface area contributed by atoms with E-state index in [2.05, 4.69) is 15.6 Å². The van der Waals surface area contributed by atoms with Crippen LogP contribution < -0.4 is 5.32 Å². The Morgan fingerprint density at radius 2 is 2.10 bits per heavy atom. The molecule has 31 heavy (non-hydrogen) atoms. The van der Waals surface area contributed by atoms with E-state index in [9.17, 15) is 9.59 Å². The number of carbonyl (C=O) groups excluding carboxylic acids is 2. The van der Waals surface area contributed by atoms with E-state index < -0.39 is 0 Å². The van der Waals surface area contributed by atoms with E-state index in [0.717, 1.165) is 6.42 Å². The zero-order valence-corrected chi connectivity index (χ0v) is 17.4. The normalized spacial score (nSPS) is 16.5. The van der Waals surface area contributed by atoms with Gasteiger partial charge in [-0.15, -0.1) is 0 Å². The first-order valence-corrected chi connectivity index (χ1v) is 10.2.